The van der Waals surface area contributed by atoms with Crippen molar-refractivity contribution < 1.29 is 18.7 Å². The average molecular weight is 410 g/mol. The molecule has 0 spiro atoms. The van der Waals surface area contributed by atoms with Gasteiger partial charge in [-0.05, 0) is 41.5 Å². The smallest absolute Gasteiger partial charge is 0.263 e. The SMILES string of the molecule is COc1cc(/C=C2\SC(=S)NC2=O)cc(Cl)c1OCc1ccc(F)cc1. The summed E-state index contributed by atoms with van der Waals surface area (Å²) in [7, 11) is 1.50. The van der Waals surface area contributed by atoms with Crippen LogP contribution in [0.3, 0.4) is 0 Å². The zero-order chi connectivity index (χ0) is 18.7. The van der Waals surface area contributed by atoms with Gasteiger partial charge in [0.2, 0.25) is 0 Å². The Morgan fingerprint density at radius 3 is 2.65 bits per heavy atom. The number of ether oxygens (including phenoxy) is 2. The summed E-state index contributed by atoms with van der Waals surface area (Å²) >= 11 is 12.5. The number of hydrogen-bond acceptors (Lipinski definition) is 5. The Balaban J connectivity index is 1.83. The monoisotopic (exact) mass is 409 g/mol. The maximum absolute atomic E-state index is 13.0. The Hall–Kier alpha value is -2.09. The van der Waals surface area contributed by atoms with Crippen LogP contribution in [-0.4, -0.2) is 17.3 Å². The molecule has 1 saturated heterocycles. The van der Waals surface area contributed by atoms with Crippen LogP contribution in [0.15, 0.2) is 41.3 Å². The van der Waals surface area contributed by atoms with Crippen LogP contribution < -0.4 is 14.8 Å². The lowest BCUT2D eigenvalue weighted by Crippen LogP contribution is -2.17. The summed E-state index contributed by atoms with van der Waals surface area (Å²) in [6.45, 7) is 0.212. The molecule has 1 aliphatic heterocycles. The molecule has 0 aliphatic carbocycles. The summed E-state index contributed by atoms with van der Waals surface area (Å²) in [6.07, 6.45) is 1.68. The van der Waals surface area contributed by atoms with Gasteiger partial charge in [-0.25, -0.2) is 4.39 Å². The second-order valence-electron chi connectivity index (χ2n) is 5.30. The highest BCUT2D eigenvalue weighted by Crippen LogP contribution is 2.38. The fourth-order valence-electron chi connectivity index (χ4n) is 2.27. The van der Waals surface area contributed by atoms with Crippen LogP contribution in [0.25, 0.3) is 6.08 Å². The molecule has 134 valence electrons. The standard InChI is InChI=1S/C18H13ClFNO3S2/c1-23-14-7-11(8-15-17(22)21-18(25)26-15)6-13(19)16(14)24-9-10-2-4-12(20)5-3-10/h2-8H,9H2,1H3,(H,21,22,25)/b15-8-. The number of methoxy groups -OCH3 is 1. The van der Waals surface area contributed by atoms with Gasteiger partial charge in [-0.15, -0.1) is 0 Å². The first kappa shape index (κ1) is 18.7. The van der Waals surface area contributed by atoms with Gasteiger partial charge in [-0.2, -0.15) is 0 Å². The Labute approximate surface area is 164 Å². The van der Waals surface area contributed by atoms with E-state index in [2.05, 4.69) is 5.32 Å². The van der Waals surface area contributed by atoms with Gasteiger partial charge in [-0.1, -0.05) is 47.7 Å². The van der Waals surface area contributed by atoms with E-state index in [0.717, 1.165) is 5.56 Å². The van der Waals surface area contributed by atoms with E-state index in [9.17, 15) is 9.18 Å². The van der Waals surface area contributed by atoms with Gasteiger partial charge in [-0.3, -0.25) is 4.79 Å². The first-order valence-corrected chi connectivity index (χ1v) is 9.06. The van der Waals surface area contributed by atoms with E-state index in [0.29, 0.717) is 31.3 Å². The molecule has 1 amide bonds. The number of rotatable bonds is 5. The van der Waals surface area contributed by atoms with Crippen LogP contribution in [0, 0.1) is 5.82 Å². The third-order valence-electron chi connectivity index (χ3n) is 3.49. The molecule has 1 heterocycles. The lowest BCUT2D eigenvalue weighted by atomic mass is 10.1. The molecule has 1 aliphatic rings. The van der Waals surface area contributed by atoms with Crippen LogP contribution in [0.1, 0.15) is 11.1 Å². The minimum atomic E-state index is -0.310. The fraction of sp³-hybridized carbons (Fsp3) is 0.111. The lowest BCUT2D eigenvalue weighted by molar-refractivity contribution is -0.115. The molecular formula is C18H13ClFNO3S2. The van der Waals surface area contributed by atoms with Crippen molar-refractivity contribution in [2.24, 2.45) is 0 Å². The van der Waals surface area contributed by atoms with Crippen LogP contribution in [0.4, 0.5) is 4.39 Å². The molecule has 0 unspecified atom stereocenters. The molecule has 4 nitrogen and oxygen atoms in total. The van der Waals surface area contributed by atoms with Crippen molar-refractivity contribution in [1.82, 2.24) is 5.32 Å². The summed E-state index contributed by atoms with van der Waals surface area (Å²) in [6, 6.07) is 9.38. The minimum Gasteiger partial charge on any atom is -0.493 e. The van der Waals surface area contributed by atoms with Gasteiger partial charge in [0.15, 0.2) is 11.5 Å². The minimum absolute atomic E-state index is 0.212. The lowest BCUT2D eigenvalue weighted by Gasteiger charge is -2.13. The molecule has 0 atom stereocenters. The van der Waals surface area contributed by atoms with Crippen molar-refractivity contribution in [2.75, 3.05) is 7.11 Å². The predicted octanol–water partition coefficient (Wildman–Crippen LogP) is 4.56. The van der Waals surface area contributed by atoms with Gasteiger partial charge in [0.25, 0.3) is 5.91 Å². The third-order valence-corrected chi connectivity index (χ3v) is 4.93. The second kappa shape index (κ2) is 8.07. The maximum Gasteiger partial charge on any atom is 0.263 e. The van der Waals surface area contributed by atoms with Gasteiger partial charge in [0, 0.05) is 0 Å². The van der Waals surface area contributed by atoms with Crippen molar-refractivity contribution in [1.29, 1.82) is 0 Å². The highest BCUT2D eigenvalue weighted by Gasteiger charge is 2.22. The molecule has 26 heavy (non-hydrogen) atoms. The van der Waals surface area contributed by atoms with Gasteiger partial charge in [0.1, 0.15) is 16.7 Å². The molecule has 8 heteroatoms. The molecule has 0 saturated carbocycles. The summed E-state index contributed by atoms with van der Waals surface area (Å²) in [5.41, 5.74) is 1.48. The molecule has 1 fully saturated rings. The topological polar surface area (TPSA) is 47.6 Å². The Morgan fingerprint density at radius 2 is 2.04 bits per heavy atom. The van der Waals surface area contributed by atoms with Crippen LogP contribution in [0.2, 0.25) is 5.02 Å². The predicted molar refractivity (Wildman–Crippen MR) is 105 cm³/mol. The van der Waals surface area contributed by atoms with E-state index in [4.69, 9.17) is 33.3 Å². The third kappa shape index (κ3) is 4.35. The second-order valence-corrected chi connectivity index (χ2v) is 7.43. The fourth-order valence-corrected chi connectivity index (χ4v) is 3.59. The van der Waals surface area contributed by atoms with E-state index < -0.39 is 0 Å². The van der Waals surface area contributed by atoms with Gasteiger partial charge >= 0.3 is 0 Å². The molecule has 1 N–H and O–H groups in total. The summed E-state index contributed by atoms with van der Waals surface area (Å²) in [4.78, 5) is 12.3. The van der Waals surface area contributed by atoms with E-state index in [-0.39, 0.29) is 18.3 Å². The van der Waals surface area contributed by atoms with Crippen molar-refractivity contribution in [3.8, 4) is 11.5 Å². The quantitative estimate of drug-likeness (QED) is 0.579. The number of hydrogen-bond donors (Lipinski definition) is 1. The number of benzene rings is 2. The summed E-state index contributed by atoms with van der Waals surface area (Å²) < 4.78 is 24.5. The van der Waals surface area contributed by atoms with Crippen LogP contribution >= 0.6 is 35.6 Å². The molecule has 0 bridgehead atoms. The highest BCUT2D eigenvalue weighted by atomic mass is 35.5. The van der Waals surface area contributed by atoms with Crippen molar-refractivity contribution in [3.05, 3.63) is 63.3 Å². The number of amides is 1. The number of carbonyl (C=O) groups is 1. The van der Waals surface area contributed by atoms with Crippen LogP contribution in [-0.2, 0) is 11.4 Å². The van der Waals surface area contributed by atoms with Crippen LogP contribution in [0.5, 0.6) is 11.5 Å². The van der Waals surface area contributed by atoms with E-state index in [1.165, 1.54) is 31.0 Å². The average Bonchev–Trinajstić information content (AvgIpc) is 2.92. The summed E-state index contributed by atoms with van der Waals surface area (Å²) in [5, 5.41) is 2.89. The molecule has 2 aromatic carbocycles. The van der Waals surface area contributed by atoms with E-state index in [1.807, 2.05) is 0 Å². The highest BCUT2D eigenvalue weighted by molar-refractivity contribution is 8.26. The zero-order valence-electron chi connectivity index (χ0n) is 13.5. The van der Waals surface area contributed by atoms with Crippen molar-refractivity contribution in [3.63, 3.8) is 0 Å². The van der Waals surface area contributed by atoms with E-state index in [1.54, 1.807) is 30.3 Å². The van der Waals surface area contributed by atoms with Crippen molar-refractivity contribution >= 4 is 51.9 Å². The number of thiocarbonyl (C=S) groups is 1. The number of thioether (sulfide) groups is 1. The van der Waals surface area contributed by atoms with Gasteiger partial charge in [0.05, 0.1) is 17.0 Å². The number of carbonyl (C=O) groups excluding carboxylic acids is 1. The Kier molecular flexibility index (Phi) is 5.80. The van der Waals surface area contributed by atoms with E-state index >= 15 is 0 Å². The van der Waals surface area contributed by atoms with Gasteiger partial charge < -0.3 is 14.8 Å². The number of nitrogens with one attached hydrogen (secondary N) is 1. The maximum atomic E-state index is 13.0. The first-order valence-electron chi connectivity index (χ1n) is 7.46. The van der Waals surface area contributed by atoms with Crippen molar-refractivity contribution in [2.45, 2.75) is 6.61 Å². The summed E-state index contributed by atoms with van der Waals surface area (Å²) in [5.74, 6) is 0.249. The largest absolute Gasteiger partial charge is 0.493 e. The Morgan fingerprint density at radius 1 is 1.31 bits per heavy atom. The molecule has 0 radical (unpaired) electrons. The first-order chi connectivity index (χ1) is 12.5. The molecule has 3 rings (SSSR count). The zero-order valence-corrected chi connectivity index (χ0v) is 15.9. The molecule has 2 aromatic rings. The number of halogens is 2. The molecule has 0 aromatic heterocycles. The normalized spacial score (nSPS) is 15.3. The molecular weight excluding hydrogens is 397 g/mol. The Bertz CT molecular complexity index is 900.